The zero-order chi connectivity index (χ0) is 17.2. The van der Waals surface area contributed by atoms with Crippen molar-refractivity contribution < 1.29 is 0 Å². The molecule has 2 N–H and O–H groups in total. The lowest BCUT2D eigenvalue weighted by Crippen LogP contribution is -2.39. The lowest BCUT2D eigenvalue weighted by Gasteiger charge is -2.17. The van der Waals surface area contributed by atoms with E-state index in [9.17, 15) is 0 Å². The number of hydrogen-bond acceptors (Lipinski definition) is 2. The largest absolute Gasteiger partial charge is 0.356 e. The smallest absolute Gasteiger partial charge is 0.191 e. The van der Waals surface area contributed by atoms with Crippen LogP contribution in [0.25, 0.3) is 0 Å². The van der Waals surface area contributed by atoms with Crippen LogP contribution in [0.15, 0.2) is 47.7 Å². The molecule has 0 aliphatic carbocycles. The van der Waals surface area contributed by atoms with Crippen molar-refractivity contribution in [1.82, 2.24) is 20.4 Å². The first-order valence-corrected chi connectivity index (χ1v) is 8.74. The molecule has 25 heavy (non-hydrogen) atoms. The summed E-state index contributed by atoms with van der Waals surface area (Å²) in [6.45, 7) is 6.98. The van der Waals surface area contributed by atoms with Crippen LogP contribution >= 0.6 is 24.0 Å². The molecule has 5 nitrogen and oxygen atoms in total. The van der Waals surface area contributed by atoms with Gasteiger partial charge in [-0.25, -0.2) is 0 Å². The summed E-state index contributed by atoms with van der Waals surface area (Å²) in [4.78, 5) is 4.31. The molecule has 0 bridgehead atoms. The van der Waals surface area contributed by atoms with Gasteiger partial charge < -0.3 is 10.6 Å². The molecule has 0 unspecified atom stereocenters. The summed E-state index contributed by atoms with van der Waals surface area (Å²) in [6.07, 6.45) is 6.17. The van der Waals surface area contributed by atoms with Gasteiger partial charge in [-0.05, 0) is 23.1 Å². The normalized spacial score (nSPS) is 11.3. The molecule has 1 heterocycles. The Morgan fingerprint density at radius 2 is 1.92 bits per heavy atom. The number of benzene rings is 1. The third-order valence-corrected chi connectivity index (χ3v) is 4.29. The quantitative estimate of drug-likeness (QED) is 0.363. The van der Waals surface area contributed by atoms with Crippen molar-refractivity contribution in [3.05, 3.63) is 53.9 Å². The van der Waals surface area contributed by atoms with Crippen LogP contribution in [0.5, 0.6) is 0 Å². The van der Waals surface area contributed by atoms with Crippen molar-refractivity contribution in [1.29, 1.82) is 0 Å². The molecule has 0 radical (unpaired) electrons. The molecule has 6 heteroatoms. The van der Waals surface area contributed by atoms with Crippen molar-refractivity contribution in [2.24, 2.45) is 10.9 Å². The number of nitrogens with one attached hydrogen (secondary N) is 2. The fourth-order valence-electron chi connectivity index (χ4n) is 2.64. The van der Waals surface area contributed by atoms with Gasteiger partial charge in [-0.1, -0.05) is 51.0 Å². The number of aliphatic imine (C=N–C) groups is 1. The maximum absolute atomic E-state index is 4.31. The minimum Gasteiger partial charge on any atom is -0.356 e. The highest BCUT2D eigenvalue weighted by atomic mass is 127. The number of hydrogen-bond donors (Lipinski definition) is 2. The van der Waals surface area contributed by atoms with Crippen molar-refractivity contribution >= 4 is 29.9 Å². The summed E-state index contributed by atoms with van der Waals surface area (Å²) < 4.78 is 1.93. The average molecular weight is 455 g/mol. The first kappa shape index (κ1) is 21.5. The minimum absolute atomic E-state index is 0. The van der Waals surface area contributed by atoms with Gasteiger partial charge in [0, 0.05) is 32.5 Å². The average Bonchev–Trinajstić information content (AvgIpc) is 3.11. The molecule has 138 valence electrons. The highest BCUT2D eigenvalue weighted by Crippen LogP contribution is 2.07. The van der Waals surface area contributed by atoms with Crippen LogP contribution in [0.1, 0.15) is 37.8 Å². The predicted octanol–water partition coefficient (Wildman–Crippen LogP) is 3.65. The van der Waals surface area contributed by atoms with Crippen molar-refractivity contribution in [2.45, 2.75) is 39.8 Å². The number of guanidine groups is 1. The summed E-state index contributed by atoms with van der Waals surface area (Å²) in [6, 6.07) is 10.5. The van der Waals surface area contributed by atoms with Crippen LogP contribution in [0, 0.1) is 5.92 Å². The second-order valence-electron chi connectivity index (χ2n) is 6.01. The molecule has 0 saturated carbocycles. The second-order valence-corrected chi connectivity index (χ2v) is 6.01. The molecule has 0 spiro atoms. The fourth-order valence-corrected chi connectivity index (χ4v) is 2.64. The lowest BCUT2D eigenvalue weighted by molar-refractivity contribution is 0.481. The highest BCUT2D eigenvalue weighted by Gasteiger charge is 2.05. The maximum Gasteiger partial charge on any atom is 0.191 e. The van der Waals surface area contributed by atoms with Gasteiger partial charge in [0.25, 0.3) is 0 Å². The summed E-state index contributed by atoms with van der Waals surface area (Å²) in [7, 11) is 1.82. The molecule has 0 aliphatic heterocycles. The Bertz CT molecular complexity index is 621. The van der Waals surface area contributed by atoms with Crippen LogP contribution in [0.3, 0.4) is 0 Å². The molecule has 2 aromatic rings. The summed E-state index contributed by atoms with van der Waals surface area (Å²) in [5.74, 6) is 1.56. The Kier molecular flexibility index (Phi) is 10.2. The predicted molar refractivity (Wildman–Crippen MR) is 115 cm³/mol. The molecular formula is C19H30IN5. The van der Waals surface area contributed by atoms with E-state index in [4.69, 9.17) is 0 Å². The molecule has 0 saturated heterocycles. The van der Waals surface area contributed by atoms with E-state index in [1.165, 1.54) is 24.0 Å². The van der Waals surface area contributed by atoms with Gasteiger partial charge in [-0.15, -0.1) is 24.0 Å². The number of rotatable bonds is 8. The second kappa shape index (κ2) is 11.9. The van der Waals surface area contributed by atoms with Crippen molar-refractivity contribution in [3.63, 3.8) is 0 Å². The lowest BCUT2D eigenvalue weighted by atomic mass is 10.0. The number of halogens is 1. The molecule has 1 aromatic carbocycles. The Labute approximate surface area is 168 Å². The topological polar surface area (TPSA) is 54.2 Å². The summed E-state index contributed by atoms with van der Waals surface area (Å²) >= 11 is 0. The zero-order valence-electron chi connectivity index (χ0n) is 15.4. The Balaban J connectivity index is 0.00000312. The molecule has 1 aromatic heterocycles. The number of nitrogens with zero attached hydrogens (tertiary/aromatic N) is 3. The van der Waals surface area contributed by atoms with Gasteiger partial charge in [-0.3, -0.25) is 9.67 Å². The molecular weight excluding hydrogens is 425 g/mol. The van der Waals surface area contributed by atoms with Crippen LogP contribution < -0.4 is 10.6 Å². The standard InChI is InChI=1S/C19H29N5.HI/c1-4-16(5-2)13-21-19(20-3)22-14-17-8-6-9-18(12-17)15-24-11-7-10-23-24;/h6-12,16H,4-5,13-15H2,1-3H3,(H2,20,21,22);1H. The van der Waals surface area contributed by atoms with E-state index in [2.05, 4.69) is 58.8 Å². The first-order valence-electron chi connectivity index (χ1n) is 8.74. The monoisotopic (exact) mass is 455 g/mol. The third-order valence-electron chi connectivity index (χ3n) is 4.29. The van der Waals surface area contributed by atoms with Crippen LogP contribution in [-0.4, -0.2) is 29.3 Å². The van der Waals surface area contributed by atoms with E-state index in [1.54, 1.807) is 6.20 Å². The van der Waals surface area contributed by atoms with E-state index in [1.807, 2.05) is 24.0 Å². The van der Waals surface area contributed by atoms with Crippen LogP contribution in [0.2, 0.25) is 0 Å². The number of aromatic nitrogens is 2. The molecule has 0 aliphatic rings. The molecule has 0 atom stereocenters. The maximum atomic E-state index is 4.31. The van der Waals surface area contributed by atoms with E-state index >= 15 is 0 Å². The molecule has 0 amide bonds. The Morgan fingerprint density at radius 3 is 2.56 bits per heavy atom. The SMILES string of the molecule is CCC(CC)CNC(=NC)NCc1cccc(Cn2cccn2)c1.I. The van der Waals surface area contributed by atoms with Gasteiger partial charge in [0.1, 0.15) is 0 Å². The van der Waals surface area contributed by atoms with Gasteiger partial charge in [0.05, 0.1) is 6.54 Å². The van der Waals surface area contributed by atoms with Gasteiger partial charge >= 0.3 is 0 Å². The first-order chi connectivity index (χ1) is 11.7. The van der Waals surface area contributed by atoms with Crippen LogP contribution in [-0.2, 0) is 13.1 Å². The summed E-state index contributed by atoms with van der Waals surface area (Å²) in [5.41, 5.74) is 2.49. The van der Waals surface area contributed by atoms with E-state index < -0.39 is 0 Å². The van der Waals surface area contributed by atoms with Crippen molar-refractivity contribution in [3.8, 4) is 0 Å². The van der Waals surface area contributed by atoms with E-state index in [-0.39, 0.29) is 24.0 Å². The Hall–Kier alpha value is -1.57. The molecule has 0 fully saturated rings. The van der Waals surface area contributed by atoms with Gasteiger partial charge in [0.2, 0.25) is 0 Å². The van der Waals surface area contributed by atoms with Gasteiger partial charge in [-0.2, -0.15) is 5.10 Å². The molecule has 2 rings (SSSR count). The zero-order valence-corrected chi connectivity index (χ0v) is 17.7. The van der Waals surface area contributed by atoms with Crippen LogP contribution in [0.4, 0.5) is 0 Å². The van der Waals surface area contributed by atoms with E-state index in [0.29, 0.717) is 5.92 Å². The van der Waals surface area contributed by atoms with E-state index in [0.717, 1.165) is 25.6 Å². The van der Waals surface area contributed by atoms with Gasteiger partial charge in [0.15, 0.2) is 5.96 Å². The minimum atomic E-state index is 0. The third kappa shape index (κ3) is 7.46. The highest BCUT2D eigenvalue weighted by molar-refractivity contribution is 14.0. The fraction of sp³-hybridized carbons (Fsp3) is 0.474. The summed E-state index contributed by atoms with van der Waals surface area (Å²) in [5, 5.41) is 11.1. The Morgan fingerprint density at radius 1 is 1.16 bits per heavy atom. The van der Waals surface area contributed by atoms with Crippen molar-refractivity contribution in [2.75, 3.05) is 13.6 Å².